The van der Waals surface area contributed by atoms with Crippen LogP contribution in [0.3, 0.4) is 0 Å². The first-order valence-corrected chi connectivity index (χ1v) is 5.30. The topological polar surface area (TPSA) is 32.6 Å². The largest absolute Gasteiger partial charge is 0.411 e. The van der Waals surface area contributed by atoms with E-state index in [2.05, 4.69) is 5.16 Å². The van der Waals surface area contributed by atoms with Gasteiger partial charge in [0.25, 0.3) is 0 Å². The van der Waals surface area contributed by atoms with Crippen molar-refractivity contribution >= 4 is 5.71 Å². The van der Waals surface area contributed by atoms with Gasteiger partial charge in [0.15, 0.2) is 0 Å². The van der Waals surface area contributed by atoms with E-state index in [-0.39, 0.29) is 5.82 Å². The normalized spacial score (nSPS) is 11.5. The summed E-state index contributed by atoms with van der Waals surface area (Å²) >= 11 is 0. The molecule has 17 heavy (non-hydrogen) atoms. The van der Waals surface area contributed by atoms with Gasteiger partial charge in [-0.1, -0.05) is 47.6 Å². The van der Waals surface area contributed by atoms with Crippen LogP contribution in [0.4, 0.5) is 4.39 Å². The second kappa shape index (κ2) is 5.25. The van der Waals surface area contributed by atoms with E-state index in [0.29, 0.717) is 12.1 Å². The molecule has 0 fully saturated rings. The van der Waals surface area contributed by atoms with Gasteiger partial charge in [-0.05, 0) is 23.3 Å². The molecule has 0 bridgehead atoms. The van der Waals surface area contributed by atoms with Crippen molar-refractivity contribution in [1.82, 2.24) is 0 Å². The van der Waals surface area contributed by atoms with Gasteiger partial charge in [0.2, 0.25) is 0 Å². The van der Waals surface area contributed by atoms with Crippen LogP contribution in [0.25, 0.3) is 0 Å². The number of halogens is 1. The van der Waals surface area contributed by atoms with Crippen molar-refractivity contribution in [1.29, 1.82) is 0 Å². The van der Waals surface area contributed by atoms with Gasteiger partial charge in [-0.15, -0.1) is 0 Å². The van der Waals surface area contributed by atoms with Gasteiger partial charge in [0, 0.05) is 6.42 Å². The molecular weight excluding hydrogens is 217 g/mol. The highest BCUT2D eigenvalue weighted by Crippen LogP contribution is 2.09. The molecule has 2 aromatic rings. The predicted octanol–water partition coefficient (Wildman–Crippen LogP) is 3.25. The summed E-state index contributed by atoms with van der Waals surface area (Å²) in [5.74, 6) is -0.284. The smallest absolute Gasteiger partial charge is 0.123 e. The van der Waals surface area contributed by atoms with Crippen molar-refractivity contribution in [2.45, 2.75) is 6.42 Å². The van der Waals surface area contributed by atoms with Gasteiger partial charge in [-0.2, -0.15) is 0 Å². The molecule has 0 unspecified atom stereocenters. The minimum absolute atomic E-state index is 0.284. The van der Waals surface area contributed by atoms with Crippen LogP contribution in [-0.4, -0.2) is 10.9 Å². The summed E-state index contributed by atoms with van der Waals surface area (Å²) in [7, 11) is 0. The van der Waals surface area contributed by atoms with Gasteiger partial charge in [0.1, 0.15) is 5.82 Å². The Bertz CT molecular complexity index is 523. The maximum absolute atomic E-state index is 13.0. The van der Waals surface area contributed by atoms with Crippen molar-refractivity contribution in [3.8, 4) is 0 Å². The average Bonchev–Trinajstić information content (AvgIpc) is 2.37. The molecule has 0 aromatic heterocycles. The molecule has 2 nitrogen and oxygen atoms in total. The third-order valence-electron chi connectivity index (χ3n) is 2.49. The van der Waals surface area contributed by atoms with Gasteiger partial charge >= 0.3 is 0 Å². The molecule has 0 atom stereocenters. The lowest BCUT2D eigenvalue weighted by molar-refractivity contribution is 0.318. The van der Waals surface area contributed by atoms with Gasteiger partial charge in [-0.3, -0.25) is 0 Å². The van der Waals surface area contributed by atoms with Crippen molar-refractivity contribution in [3.63, 3.8) is 0 Å². The van der Waals surface area contributed by atoms with E-state index in [1.54, 1.807) is 12.1 Å². The summed E-state index contributed by atoms with van der Waals surface area (Å²) < 4.78 is 13.0. The Morgan fingerprint density at radius 3 is 2.47 bits per heavy atom. The summed E-state index contributed by atoms with van der Waals surface area (Å²) in [6.45, 7) is 0. The van der Waals surface area contributed by atoms with Crippen molar-refractivity contribution in [2.75, 3.05) is 0 Å². The molecule has 0 aliphatic carbocycles. The highest BCUT2D eigenvalue weighted by molar-refractivity contribution is 6.01. The number of hydrogen-bond donors (Lipinski definition) is 1. The lowest BCUT2D eigenvalue weighted by Crippen LogP contribution is -2.05. The van der Waals surface area contributed by atoms with E-state index in [0.717, 1.165) is 11.1 Å². The van der Waals surface area contributed by atoms with E-state index in [4.69, 9.17) is 5.21 Å². The highest BCUT2D eigenvalue weighted by atomic mass is 19.1. The monoisotopic (exact) mass is 229 g/mol. The molecule has 1 N–H and O–H groups in total. The summed E-state index contributed by atoms with van der Waals surface area (Å²) in [6, 6.07) is 15.6. The molecule has 0 saturated heterocycles. The van der Waals surface area contributed by atoms with E-state index in [1.165, 1.54) is 12.1 Å². The van der Waals surface area contributed by atoms with Crippen molar-refractivity contribution in [3.05, 3.63) is 71.5 Å². The Hall–Kier alpha value is -2.16. The van der Waals surface area contributed by atoms with Crippen LogP contribution < -0.4 is 0 Å². The Morgan fingerprint density at radius 1 is 1.06 bits per heavy atom. The fraction of sp³-hybridized carbons (Fsp3) is 0.0714. The van der Waals surface area contributed by atoms with Gasteiger partial charge in [0.05, 0.1) is 5.71 Å². The minimum Gasteiger partial charge on any atom is -0.411 e. The Balaban J connectivity index is 2.23. The Kier molecular flexibility index (Phi) is 3.50. The van der Waals surface area contributed by atoms with Crippen molar-refractivity contribution < 1.29 is 9.60 Å². The van der Waals surface area contributed by atoms with Crippen LogP contribution in [0.1, 0.15) is 11.1 Å². The summed E-state index contributed by atoms with van der Waals surface area (Å²) in [6.07, 6.45) is 0.401. The fourth-order valence-corrected chi connectivity index (χ4v) is 1.67. The number of nitrogens with zero attached hydrogens (tertiary/aromatic N) is 1. The van der Waals surface area contributed by atoms with E-state index in [9.17, 15) is 4.39 Å². The Morgan fingerprint density at radius 2 is 1.82 bits per heavy atom. The van der Waals surface area contributed by atoms with Gasteiger partial charge in [-0.25, -0.2) is 4.39 Å². The zero-order valence-electron chi connectivity index (χ0n) is 9.18. The van der Waals surface area contributed by atoms with Crippen LogP contribution in [-0.2, 0) is 6.42 Å². The summed E-state index contributed by atoms with van der Waals surface area (Å²) in [4.78, 5) is 0. The zero-order valence-corrected chi connectivity index (χ0v) is 9.18. The SMILES string of the molecule is ON=C(Cc1cccc(F)c1)c1ccccc1. The lowest BCUT2D eigenvalue weighted by atomic mass is 10.0. The molecular formula is C14H12FNO. The first-order chi connectivity index (χ1) is 8.29. The van der Waals surface area contributed by atoms with E-state index in [1.807, 2.05) is 30.3 Å². The molecule has 2 rings (SSSR count). The highest BCUT2D eigenvalue weighted by Gasteiger charge is 2.05. The fourth-order valence-electron chi connectivity index (χ4n) is 1.67. The molecule has 0 aliphatic rings. The van der Waals surface area contributed by atoms with Crippen LogP contribution in [0.2, 0.25) is 0 Å². The summed E-state index contributed by atoms with van der Waals surface area (Å²) in [5, 5.41) is 12.3. The predicted molar refractivity (Wildman–Crippen MR) is 64.9 cm³/mol. The van der Waals surface area contributed by atoms with Crippen LogP contribution in [0.15, 0.2) is 59.8 Å². The average molecular weight is 229 g/mol. The molecule has 0 amide bonds. The third kappa shape index (κ3) is 2.91. The quantitative estimate of drug-likeness (QED) is 0.489. The molecule has 0 spiro atoms. The molecule has 0 aliphatic heterocycles. The van der Waals surface area contributed by atoms with E-state index >= 15 is 0 Å². The van der Waals surface area contributed by atoms with Crippen LogP contribution >= 0.6 is 0 Å². The second-order valence-corrected chi connectivity index (χ2v) is 3.72. The standard InChI is InChI=1S/C14H12FNO/c15-13-8-4-5-11(9-13)10-14(16-17)12-6-2-1-3-7-12/h1-9,17H,10H2. The van der Waals surface area contributed by atoms with Crippen LogP contribution in [0, 0.1) is 5.82 Å². The second-order valence-electron chi connectivity index (χ2n) is 3.72. The maximum atomic E-state index is 13.0. The van der Waals surface area contributed by atoms with E-state index < -0.39 is 0 Å². The molecule has 0 heterocycles. The zero-order chi connectivity index (χ0) is 12.1. The number of oxime groups is 1. The minimum atomic E-state index is -0.284. The molecule has 86 valence electrons. The molecule has 0 radical (unpaired) electrons. The number of rotatable bonds is 3. The molecule has 2 aromatic carbocycles. The molecule has 3 heteroatoms. The molecule has 0 saturated carbocycles. The van der Waals surface area contributed by atoms with Gasteiger partial charge < -0.3 is 5.21 Å². The number of benzene rings is 2. The van der Waals surface area contributed by atoms with Crippen LogP contribution in [0.5, 0.6) is 0 Å². The third-order valence-corrected chi connectivity index (χ3v) is 2.49. The Labute approximate surface area is 99.0 Å². The number of hydrogen-bond acceptors (Lipinski definition) is 2. The first-order valence-electron chi connectivity index (χ1n) is 5.30. The first kappa shape index (κ1) is 11.3. The summed E-state index contributed by atoms with van der Waals surface area (Å²) in [5.41, 5.74) is 2.14. The maximum Gasteiger partial charge on any atom is 0.123 e. The lowest BCUT2D eigenvalue weighted by Gasteiger charge is -2.04. The van der Waals surface area contributed by atoms with Crippen molar-refractivity contribution in [2.24, 2.45) is 5.16 Å².